The zero-order valence-electron chi connectivity index (χ0n) is 10.1. The van der Waals surface area contributed by atoms with Crippen LogP contribution in [0.5, 0.6) is 0 Å². The van der Waals surface area contributed by atoms with Gasteiger partial charge >= 0.3 is 0 Å². The Kier molecular flexibility index (Phi) is 3.33. The minimum absolute atomic E-state index is 0.319. The molecule has 1 aliphatic heterocycles. The number of hydrogen-bond donors (Lipinski definition) is 0. The van der Waals surface area contributed by atoms with Gasteiger partial charge in [-0.3, -0.25) is 0 Å². The lowest BCUT2D eigenvalue weighted by Crippen LogP contribution is -2.21. The summed E-state index contributed by atoms with van der Waals surface area (Å²) >= 11 is 6.16. The second kappa shape index (κ2) is 4.58. The molecule has 0 amide bonds. The fraction of sp³-hybridized carbons (Fsp3) is 0.667. The van der Waals surface area contributed by atoms with E-state index in [-0.39, 0.29) is 0 Å². The van der Waals surface area contributed by atoms with Crippen molar-refractivity contribution in [3.05, 3.63) is 16.5 Å². The molecule has 0 radical (unpaired) electrons. The minimum atomic E-state index is 0.319. The van der Waals surface area contributed by atoms with Crippen molar-refractivity contribution in [1.29, 1.82) is 0 Å². The Bertz CT molecular complexity index is 384. The summed E-state index contributed by atoms with van der Waals surface area (Å²) in [7, 11) is 0. The minimum Gasteiger partial charge on any atom is -0.356 e. The molecule has 0 saturated carbocycles. The molecule has 4 heteroatoms. The van der Waals surface area contributed by atoms with E-state index in [2.05, 4.69) is 28.7 Å². The van der Waals surface area contributed by atoms with E-state index in [1.165, 1.54) is 12.8 Å². The molecule has 2 heterocycles. The van der Waals surface area contributed by atoms with Crippen LogP contribution in [0.15, 0.2) is 0 Å². The summed E-state index contributed by atoms with van der Waals surface area (Å²) in [6, 6.07) is 0. The largest absolute Gasteiger partial charge is 0.356 e. The molecule has 0 unspecified atom stereocenters. The van der Waals surface area contributed by atoms with E-state index in [1.54, 1.807) is 0 Å². The monoisotopic (exact) mass is 239 g/mol. The summed E-state index contributed by atoms with van der Waals surface area (Å²) in [6.07, 6.45) is 2.50. The summed E-state index contributed by atoms with van der Waals surface area (Å²) < 4.78 is 0. The maximum Gasteiger partial charge on any atom is 0.137 e. The Hall–Kier alpha value is -0.830. The van der Waals surface area contributed by atoms with E-state index in [0.717, 1.165) is 30.3 Å². The van der Waals surface area contributed by atoms with Crippen LogP contribution in [0.2, 0.25) is 5.15 Å². The molecule has 0 spiro atoms. The van der Waals surface area contributed by atoms with Crippen molar-refractivity contribution in [3.8, 4) is 0 Å². The van der Waals surface area contributed by atoms with Crippen LogP contribution >= 0.6 is 11.6 Å². The molecule has 16 heavy (non-hydrogen) atoms. The van der Waals surface area contributed by atoms with Gasteiger partial charge in [0.15, 0.2) is 0 Å². The molecule has 1 aromatic rings. The van der Waals surface area contributed by atoms with E-state index in [9.17, 15) is 0 Å². The Morgan fingerprint density at radius 2 is 1.81 bits per heavy atom. The summed E-state index contributed by atoms with van der Waals surface area (Å²) in [4.78, 5) is 11.3. The van der Waals surface area contributed by atoms with Crippen molar-refractivity contribution in [2.24, 2.45) is 0 Å². The third-order valence-corrected chi connectivity index (χ3v) is 3.37. The molecule has 88 valence electrons. The van der Waals surface area contributed by atoms with Gasteiger partial charge in [-0.05, 0) is 19.8 Å². The van der Waals surface area contributed by atoms with Crippen LogP contribution < -0.4 is 4.90 Å². The number of rotatable bonds is 2. The van der Waals surface area contributed by atoms with Gasteiger partial charge in [-0.25, -0.2) is 9.97 Å². The van der Waals surface area contributed by atoms with Crippen molar-refractivity contribution in [2.75, 3.05) is 18.0 Å². The summed E-state index contributed by atoms with van der Waals surface area (Å²) in [5, 5.41) is 0.598. The van der Waals surface area contributed by atoms with Gasteiger partial charge < -0.3 is 4.90 Å². The number of aromatic nitrogens is 2. The first-order valence-corrected chi connectivity index (χ1v) is 6.26. The third kappa shape index (κ3) is 2.14. The number of halogens is 1. The van der Waals surface area contributed by atoms with Gasteiger partial charge in [-0.15, -0.1) is 0 Å². The first-order chi connectivity index (χ1) is 7.59. The summed E-state index contributed by atoms with van der Waals surface area (Å²) in [5.74, 6) is 2.19. The molecule has 3 nitrogen and oxygen atoms in total. The van der Waals surface area contributed by atoms with Crippen LogP contribution in [-0.4, -0.2) is 23.1 Å². The quantitative estimate of drug-likeness (QED) is 0.743. The molecular weight excluding hydrogens is 222 g/mol. The first-order valence-electron chi connectivity index (χ1n) is 5.88. The summed E-state index contributed by atoms with van der Waals surface area (Å²) in [5.41, 5.74) is 1.01. The van der Waals surface area contributed by atoms with Crippen LogP contribution in [0.3, 0.4) is 0 Å². The molecule has 0 aromatic carbocycles. The Balaban J connectivity index is 2.41. The van der Waals surface area contributed by atoms with Crippen molar-refractivity contribution < 1.29 is 0 Å². The topological polar surface area (TPSA) is 29.0 Å². The molecule has 0 N–H and O–H groups in total. The SMILES string of the molecule is Cc1c(Cl)nc(C(C)C)nc1N1CCCC1. The molecular formula is C12H18ClN3. The van der Waals surface area contributed by atoms with Crippen molar-refractivity contribution >= 4 is 17.4 Å². The van der Waals surface area contributed by atoms with Crippen LogP contribution in [0.4, 0.5) is 5.82 Å². The predicted molar refractivity (Wildman–Crippen MR) is 67.3 cm³/mol. The van der Waals surface area contributed by atoms with Crippen molar-refractivity contribution in [3.63, 3.8) is 0 Å². The number of nitrogens with zero attached hydrogens (tertiary/aromatic N) is 3. The second-order valence-corrected chi connectivity index (χ2v) is 5.03. The molecule has 0 aliphatic carbocycles. The highest BCUT2D eigenvalue weighted by Gasteiger charge is 2.19. The van der Waals surface area contributed by atoms with Crippen LogP contribution in [0, 0.1) is 6.92 Å². The molecule has 2 rings (SSSR count). The fourth-order valence-corrected chi connectivity index (χ4v) is 2.16. The normalized spacial score (nSPS) is 16.2. The molecule has 0 bridgehead atoms. The number of hydrogen-bond acceptors (Lipinski definition) is 3. The van der Waals surface area contributed by atoms with E-state index in [4.69, 9.17) is 11.6 Å². The standard InChI is InChI=1S/C12H18ClN3/c1-8(2)11-14-10(13)9(3)12(15-11)16-6-4-5-7-16/h8H,4-7H2,1-3H3. The van der Waals surface area contributed by atoms with Crippen LogP contribution in [0.25, 0.3) is 0 Å². The Morgan fingerprint density at radius 3 is 2.38 bits per heavy atom. The fourth-order valence-electron chi connectivity index (χ4n) is 1.99. The maximum atomic E-state index is 6.16. The number of anilines is 1. The molecule has 1 fully saturated rings. The van der Waals surface area contributed by atoms with E-state index in [1.807, 2.05) is 6.92 Å². The molecule has 1 aliphatic rings. The van der Waals surface area contributed by atoms with Gasteiger partial charge in [0.1, 0.15) is 16.8 Å². The summed E-state index contributed by atoms with van der Waals surface area (Å²) in [6.45, 7) is 8.36. The molecule has 1 saturated heterocycles. The van der Waals surface area contributed by atoms with Gasteiger partial charge in [0.2, 0.25) is 0 Å². The molecule has 0 atom stereocenters. The highest BCUT2D eigenvalue weighted by Crippen LogP contribution is 2.27. The average molecular weight is 240 g/mol. The Labute approximate surface area is 102 Å². The smallest absolute Gasteiger partial charge is 0.137 e. The van der Waals surface area contributed by atoms with Gasteiger partial charge in [0.05, 0.1) is 0 Å². The van der Waals surface area contributed by atoms with Crippen LogP contribution in [-0.2, 0) is 0 Å². The third-order valence-electron chi connectivity index (χ3n) is 3.00. The highest BCUT2D eigenvalue weighted by atomic mass is 35.5. The van der Waals surface area contributed by atoms with Gasteiger partial charge in [-0.1, -0.05) is 25.4 Å². The lowest BCUT2D eigenvalue weighted by atomic mass is 10.2. The zero-order valence-corrected chi connectivity index (χ0v) is 10.9. The van der Waals surface area contributed by atoms with Gasteiger partial charge in [-0.2, -0.15) is 0 Å². The predicted octanol–water partition coefficient (Wildman–Crippen LogP) is 3.16. The van der Waals surface area contributed by atoms with Gasteiger partial charge in [0, 0.05) is 24.6 Å². The lowest BCUT2D eigenvalue weighted by molar-refractivity contribution is 0.761. The highest BCUT2D eigenvalue weighted by molar-refractivity contribution is 6.30. The van der Waals surface area contributed by atoms with Crippen molar-refractivity contribution in [2.45, 2.75) is 39.5 Å². The zero-order chi connectivity index (χ0) is 11.7. The van der Waals surface area contributed by atoms with E-state index < -0.39 is 0 Å². The maximum absolute atomic E-state index is 6.16. The molecule has 1 aromatic heterocycles. The second-order valence-electron chi connectivity index (χ2n) is 4.67. The average Bonchev–Trinajstić information content (AvgIpc) is 2.74. The Morgan fingerprint density at radius 1 is 1.19 bits per heavy atom. The van der Waals surface area contributed by atoms with Gasteiger partial charge in [0.25, 0.3) is 0 Å². The lowest BCUT2D eigenvalue weighted by Gasteiger charge is -2.20. The first kappa shape index (κ1) is 11.6. The van der Waals surface area contributed by atoms with E-state index in [0.29, 0.717) is 11.1 Å². The van der Waals surface area contributed by atoms with Crippen LogP contribution in [0.1, 0.15) is 44.0 Å². The van der Waals surface area contributed by atoms with E-state index >= 15 is 0 Å². The van der Waals surface area contributed by atoms with Crippen molar-refractivity contribution in [1.82, 2.24) is 9.97 Å².